The van der Waals surface area contributed by atoms with E-state index in [0.717, 1.165) is 16.6 Å². The van der Waals surface area contributed by atoms with Gasteiger partial charge in [-0.05, 0) is 73.9 Å². The van der Waals surface area contributed by atoms with E-state index < -0.39 is 22.0 Å². The summed E-state index contributed by atoms with van der Waals surface area (Å²) >= 11 is 0. The van der Waals surface area contributed by atoms with Crippen LogP contribution in [-0.4, -0.2) is 55.1 Å². The van der Waals surface area contributed by atoms with Crippen molar-refractivity contribution >= 4 is 26.9 Å². The van der Waals surface area contributed by atoms with Gasteiger partial charge in [0.2, 0.25) is 10.0 Å². The Hall–Kier alpha value is -2.88. The zero-order valence-corrected chi connectivity index (χ0v) is 20.7. The van der Waals surface area contributed by atoms with Gasteiger partial charge in [-0.3, -0.25) is 0 Å². The lowest BCUT2D eigenvalue weighted by atomic mass is 9.94. The number of hydrogen-bond donors (Lipinski definition) is 2. The molecule has 9 heteroatoms. The fourth-order valence-corrected chi connectivity index (χ4v) is 6.91. The summed E-state index contributed by atoms with van der Waals surface area (Å²) in [5.41, 5.74) is 2.56. The number of benzene rings is 2. The molecule has 0 spiro atoms. The van der Waals surface area contributed by atoms with Gasteiger partial charge in [-0.25, -0.2) is 13.2 Å². The Morgan fingerprint density at radius 2 is 1.91 bits per heavy atom. The topological polar surface area (TPSA) is 109 Å². The van der Waals surface area contributed by atoms with Gasteiger partial charge in [0, 0.05) is 30.3 Å². The van der Waals surface area contributed by atoms with E-state index in [1.807, 2.05) is 6.92 Å². The number of aromatic nitrogens is 1. The maximum Gasteiger partial charge on any atom is 0.335 e. The van der Waals surface area contributed by atoms with Gasteiger partial charge in [0.15, 0.2) is 0 Å². The van der Waals surface area contributed by atoms with Gasteiger partial charge in [0.05, 0.1) is 24.8 Å². The Morgan fingerprint density at radius 3 is 2.57 bits per heavy atom. The van der Waals surface area contributed by atoms with Crippen LogP contribution in [0.5, 0.6) is 5.75 Å². The number of carboxylic acid groups (broad SMARTS) is 1. The molecule has 0 amide bonds. The van der Waals surface area contributed by atoms with Crippen LogP contribution in [0.3, 0.4) is 0 Å². The standard InChI is InChI=1S/C26H30N2O6S/c1-16-13-23(33-2)25(21-9-11-27-24(16)21)35(31,32)28-12-10-20(34-15-17-3-4-17)14-22(28)18-5-7-19(8-6-18)26(29)30/h5-9,11,13,17,20,22,27H,3-4,10,12,14-15H2,1-2H3,(H,29,30)/t20-,22-/m0/s1. The summed E-state index contributed by atoms with van der Waals surface area (Å²) in [5.74, 6) is -0.0972. The molecule has 35 heavy (non-hydrogen) atoms. The predicted molar refractivity (Wildman–Crippen MR) is 131 cm³/mol. The Morgan fingerprint density at radius 1 is 1.17 bits per heavy atom. The normalized spacial score (nSPS) is 21.3. The third kappa shape index (κ3) is 4.55. The number of aromatic carboxylic acids is 1. The number of H-pyrrole nitrogens is 1. The second-order valence-electron chi connectivity index (χ2n) is 9.47. The number of carboxylic acids is 1. The molecule has 1 saturated heterocycles. The summed E-state index contributed by atoms with van der Waals surface area (Å²) < 4.78 is 41.7. The number of nitrogens with one attached hydrogen (secondary N) is 1. The van der Waals surface area contributed by atoms with Crippen molar-refractivity contribution in [2.75, 3.05) is 20.3 Å². The Balaban J connectivity index is 1.55. The number of ether oxygens (including phenoxy) is 2. The minimum absolute atomic E-state index is 0.0570. The molecule has 3 aromatic rings. The SMILES string of the molecule is COc1cc(C)c2[nH]ccc2c1S(=O)(=O)N1CC[C@H](OCC2CC2)C[C@H]1c1ccc(C(=O)O)cc1. The van der Waals surface area contributed by atoms with Gasteiger partial charge < -0.3 is 19.6 Å². The fraction of sp³-hybridized carbons (Fsp3) is 0.423. The zero-order chi connectivity index (χ0) is 24.7. The number of rotatable bonds is 8. The molecule has 1 aliphatic heterocycles. The molecule has 8 nitrogen and oxygen atoms in total. The van der Waals surface area contributed by atoms with Crippen molar-refractivity contribution in [1.82, 2.24) is 9.29 Å². The predicted octanol–water partition coefficient (Wildman–Crippen LogP) is 4.50. The van der Waals surface area contributed by atoms with Crippen LogP contribution in [-0.2, 0) is 14.8 Å². The average molecular weight is 499 g/mol. The largest absolute Gasteiger partial charge is 0.495 e. The molecule has 2 N–H and O–H groups in total. The molecule has 0 unspecified atom stereocenters. The summed E-state index contributed by atoms with van der Waals surface area (Å²) in [7, 11) is -2.49. The first-order valence-electron chi connectivity index (χ1n) is 11.9. The van der Waals surface area contributed by atoms with Gasteiger partial charge in [-0.15, -0.1) is 0 Å². The second kappa shape index (κ2) is 9.29. The molecule has 1 saturated carbocycles. The van der Waals surface area contributed by atoms with Crippen molar-refractivity contribution in [3.63, 3.8) is 0 Å². The molecule has 2 atom stereocenters. The molecule has 5 rings (SSSR count). The first kappa shape index (κ1) is 23.8. The summed E-state index contributed by atoms with van der Waals surface area (Å²) in [6.45, 7) is 2.91. The maximum absolute atomic E-state index is 14.2. The number of sulfonamides is 1. The lowest BCUT2D eigenvalue weighted by Gasteiger charge is -2.39. The van der Waals surface area contributed by atoms with E-state index in [9.17, 15) is 18.3 Å². The van der Waals surface area contributed by atoms with Crippen LogP contribution in [0.2, 0.25) is 0 Å². The van der Waals surface area contributed by atoms with Crippen LogP contribution < -0.4 is 4.74 Å². The molecule has 1 aromatic heterocycles. The highest BCUT2D eigenvalue weighted by molar-refractivity contribution is 7.89. The van der Waals surface area contributed by atoms with Crippen LogP contribution in [0.1, 0.15) is 53.2 Å². The Kier molecular flexibility index (Phi) is 6.33. The molecule has 2 fully saturated rings. The van der Waals surface area contributed by atoms with E-state index in [-0.39, 0.29) is 16.6 Å². The summed E-state index contributed by atoms with van der Waals surface area (Å²) in [6.07, 6.45) is 5.15. The van der Waals surface area contributed by atoms with Crippen LogP contribution in [0, 0.1) is 12.8 Å². The second-order valence-corrected chi connectivity index (χ2v) is 11.3. The average Bonchev–Trinajstić information content (AvgIpc) is 3.56. The molecular formula is C26H30N2O6S. The van der Waals surface area contributed by atoms with E-state index in [1.54, 1.807) is 30.5 Å². The van der Waals surface area contributed by atoms with Crippen LogP contribution in [0.4, 0.5) is 0 Å². The lowest BCUT2D eigenvalue weighted by Crippen LogP contribution is -2.43. The highest BCUT2D eigenvalue weighted by Gasteiger charge is 2.41. The van der Waals surface area contributed by atoms with Gasteiger partial charge in [0.1, 0.15) is 10.6 Å². The van der Waals surface area contributed by atoms with Gasteiger partial charge in [-0.2, -0.15) is 4.31 Å². The van der Waals surface area contributed by atoms with E-state index in [4.69, 9.17) is 9.47 Å². The molecule has 0 bridgehead atoms. The number of methoxy groups -OCH3 is 1. The number of carbonyl (C=O) groups is 1. The number of aryl methyl sites for hydroxylation is 1. The first-order chi connectivity index (χ1) is 16.8. The van der Waals surface area contributed by atoms with Crippen LogP contribution in [0.25, 0.3) is 10.9 Å². The molecule has 2 aliphatic rings. The van der Waals surface area contributed by atoms with E-state index in [2.05, 4.69) is 4.98 Å². The monoisotopic (exact) mass is 498 g/mol. The van der Waals surface area contributed by atoms with Gasteiger partial charge in [0.25, 0.3) is 0 Å². The fourth-order valence-electron chi connectivity index (χ4n) is 4.94. The smallest absolute Gasteiger partial charge is 0.335 e. The molecule has 0 radical (unpaired) electrons. The van der Waals surface area contributed by atoms with E-state index in [0.29, 0.717) is 43.0 Å². The Labute approximate surface area is 204 Å². The van der Waals surface area contributed by atoms with Crippen molar-refractivity contribution in [2.24, 2.45) is 5.92 Å². The molecule has 2 aromatic carbocycles. The highest BCUT2D eigenvalue weighted by atomic mass is 32.2. The molecule has 186 valence electrons. The molecular weight excluding hydrogens is 468 g/mol. The minimum atomic E-state index is -3.97. The zero-order valence-electron chi connectivity index (χ0n) is 19.9. The van der Waals surface area contributed by atoms with Crippen LogP contribution >= 0.6 is 0 Å². The highest BCUT2D eigenvalue weighted by Crippen LogP contribution is 2.42. The number of fused-ring (bicyclic) bond motifs is 1. The maximum atomic E-state index is 14.2. The third-order valence-corrected chi connectivity index (χ3v) is 9.05. The van der Waals surface area contributed by atoms with Gasteiger partial charge in [-0.1, -0.05) is 12.1 Å². The van der Waals surface area contributed by atoms with Crippen molar-refractivity contribution in [1.29, 1.82) is 0 Å². The number of aromatic amines is 1. The third-order valence-electron chi connectivity index (χ3n) is 7.06. The van der Waals surface area contributed by atoms with E-state index >= 15 is 0 Å². The minimum Gasteiger partial charge on any atom is -0.495 e. The van der Waals surface area contributed by atoms with Crippen molar-refractivity contribution < 1.29 is 27.8 Å². The number of hydrogen-bond acceptors (Lipinski definition) is 5. The first-order valence-corrected chi connectivity index (χ1v) is 13.3. The van der Waals surface area contributed by atoms with Crippen molar-refractivity contribution in [3.05, 3.63) is 59.3 Å². The number of nitrogens with zero attached hydrogens (tertiary/aromatic N) is 1. The molecule has 1 aliphatic carbocycles. The summed E-state index contributed by atoms with van der Waals surface area (Å²) in [4.78, 5) is 14.6. The number of piperidine rings is 1. The van der Waals surface area contributed by atoms with E-state index in [1.165, 1.54) is 36.4 Å². The molecule has 2 heterocycles. The van der Waals surface area contributed by atoms with Gasteiger partial charge >= 0.3 is 5.97 Å². The van der Waals surface area contributed by atoms with Crippen LogP contribution in [0.15, 0.2) is 47.5 Å². The van der Waals surface area contributed by atoms with Crippen molar-refractivity contribution in [2.45, 2.75) is 49.6 Å². The Bertz CT molecular complexity index is 1340. The van der Waals surface area contributed by atoms with Crippen molar-refractivity contribution in [3.8, 4) is 5.75 Å². The summed E-state index contributed by atoms with van der Waals surface area (Å²) in [6, 6.07) is 9.48. The summed E-state index contributed by atoms with van der Waals surface area (Å²) in [5, 5.41) is 9.89. The lowest BCUT2D eigenvalue weighted by molar-refractivity contribution is -0.000990. The quantitative estimate of drug-likeness (QED) is 0.473.